The Balaban J connectivity index is 2.16. The number of phenols is 1. The van der Waals surface area contributed by atoms with Crippen molar-refractivity contribution in [2.24, 2.45) is 0 Å². The fourth-order valence-corrected chi connectivity index (χ4v) is 1.69. The van der Waals surface area contributed by atoms with Crippen LogP contribution in [0, 0.1) is 0 Å². The van der Waals surface area contributed by atoms with Gasteiger partial charge < -0.3 is 14.4 Å². The second-order valence-electron chi connectivity index (χ2n) is 3.77. The number of nitrogens with zero attached hydrogens (tertiary/aromatic N) is 2. The van der Waals surface area contributed by atoms with Crippen molar-refractivity contribution in [3.8, 4) is 17.2 Å². The SMILES string of the molecule is COCCCc1noc(-c2cc(Cl)ccc2O)n1. The molecule has 5 nitrogen and oxygen atoms in total. The predicted octanol–water partition coefficient (Wildman–Crippen LogP) is 2.67. The van der Waals surface area contributed by atoms with Gasteiger partial charge in [0.25, 0.3) is 5.89 Å². The number of aromatic hydroxyl groups is 1. The van der Waals surface area contributed by atoms with Gasteiger partial charge in [-0.25, -0.2) is 0 Å². The van der Waals surface area contributed by atoms with Gasteiger partial charge in [0.05, 0.1) is 5.56 Å². The van der Waals surface area contributed by atoms with E-state index in [0.29, 0.717) is 29.4 Å². The topological polar surface area (TPSA) is 68.4 Å². The molecule has 0 radical (unpaired) electrons. The molecule has 18 heavy (non-hydrogen) atoms. The summed E-state index contributed by atoms with van der Waals surface area (Å²) in [6.07, 6.45) is 1.48. The van der Waals surface area contributed by atoms with Crippen molar-refractivity contribution in [1.82, 2.24) is 10.1 Å². The first-order valence-corrected chi connectivity index (χ1v) is 5.89. The van der Waals surface area contributed by atoms with Gasteiger partial charge in [0.2, 0.25) is 0 Å². The first-order chi connectivity index (χ1) is 8.70. The summed E-state index contributed by atoms with van der Waals surface area (Å²) in [5.41, 5.74) is 0.438. The third-order valence-electron chi connectivity index (χ3n) is 2.41. The molecule has 1 N–H and O–H groups in total. The van der Waals surface area contributed by atoms with E-state index >= 15 is 0 Å². The minimum absolute atomic E-state index is 0.0616. The third-order valence-corrected chi connectivity index (χ3v) is 2.64. The van der Waals surface area contributed by atoms with Crippen LogP contribution < -0.4 is 0 Å². The van der Waals surface area contributed by atoms with E-state index in [2.05, 4.69) is 10.1 Å². The van der Waals surface area contributed by atoms with Gasteiger partial charge in [-0.15, -0.1) is 0 Å². The van der Waals surface area contributed by atoms with Crippen molar-refractivity contribution in [3.05, 3.63) is 29.0 Å². The first-order valence-electron chi connectivity index (χ1n) is 5.51. The van der Waals surface area contributed by atoms with Gasteiger partial charge in [-0.3, -0.25) is 0 Å². The zero-order valence-electron chi connectivity index (χ0n) is 9.89. The molecular formula is C12H13ClN2O3. The summed E-state index contributed by atoms with van der Waals surface area (Å²) in [6.45, 7) is 0.645. The Labute approximate surface area is 109 Å². The molecule has 0 saturated carbocycles. The predicted molar refractivity (Wildman–Crippen MR) is 66.6 cm³/mol. The quantitative estimate of drug-likeness (QED) is 0.845. The lowest BCUT2D eigenvalue weighted by atomic mass is 10.2. The van der Waals surface area contributed by atoms with Crippen molar-refractivity contribution in [2.45, 2.75) is 12.8 Å². The first kappa shape index (κ1) is 12.9. The van der Waals surface area contributed by atoms with Gasteiger partial charge in [0.15, 0.2) is 5.82 Å². The Morgan fingerprint density at radius 3 is 3.06 bits per heavy atom. The average Bonchev–Trinajstić information content (AvgIpc) is 2.81. The van der Waals surface area contributed by atoms with Crippen LogP contribution in [0.2, 0.25) is 5.02 Å². The largest absolute Gasteiger partial charge is 0.507 e. The van der Waals surface area contributed by atoms with E-state index in [-0.39, 0.29) is 11.6 Å². The van der Waals surface area contributed by atoms with Gasteiger partial charge >= 0.3 is 0 Å². The molecule has 0 amide bonds. The zero-order valence-corrected chi connectivity index (χ0v) is 10.6. The van der Waals surface area contributed by atoms with Crippen molar-refractivity contribution < 1.29 is 14.4 Å². The highest BCUT2D eigenvalue weighted by Crippen LogP contribution is 2.30. The number of halogens is 1. The Bertz CT molecular complexity index is 528. The lowest BCUT2D eigenvalue weighted by Gasteiger charge is -1.99. The number of hydrogen-bond acceptors (Lipinski definition) is 5. The zero-order chi connectivity index (χ0) is 13.0. The number of phenolic OH excluding ortho intramolecular Hbond substituents is 1. The molecule has 1 aromatic heterocycles. The van der Waals surface area contributed by atoms with Gasteiger partial charge in [0.1, 0.15) is 5.75 Å². The minimum atomic E-state index is 0.0616. The number of hydrogen-bond donors (Lipinski definition) is 1. The van der Waals surface area contributed by atoms with Crippen LogP contribution in [-0.4, -0.2) is 29.0 Å². The highest BCUT2D eigenvalue weighted by Gasteiger charge is 2.13. The van der Waals surface area contributed by atoms with Crippen molar-refractivity contribution in [1.29, 1.82) is 0 Å². The summed E-state index contributed by atoms with van der Waals surface area (Å²) >= 11 is 5.86. The van der Waals surface area contributed by atoms with Crippen LogP contribution >= 0.6 is 11.6 Å². The van der Waals surface area contributed by atoms with Crippen LogP contribution in [0.15, 0.2) is 22.7 Å². The van der Waals surface area contributed by atoms with Gasteiger partial charge in [-0.05, 0) is 24.6 Å². The highest BCUT2D eigenvalue weighted by molar-refractivity contribution is 6.30. The maximum atomic E-state index is 9.71. The molecule has 96 valence electrons. The summed E-state index contributed by atoms with van der Waals surface area (Å²) in [5.74, 6) is 0.912. The van der Waals surface area contributed by atoms with Gasteiger partial charge in [-0.1, -0.05) is 16.8 Å². The number of rotatable bonds is 5. The Hall–Kier alpha value is -1.59. The van der Waals surface area contributed by atoms with Crippen LogP contribution in [0.5, 0.6) is 5.75 Å². The molecule has 2 rings (SSSR count). The maximum absolute atomic E-state index is 9.71. The monoisotopic (exact) mass is 268 g/mol. The molecule has 1 aromatic carbocycles. The van der Waals surface area contributed by atoms with Crippen molar-refractivity contribution in [3.63, 3.8) is 0 Å². The highest BCUT2D eigenvalue weighted by atomic mass is 35.5. The molecule has 2 aromatic rings. The van der Waals surface area contributed by atoms with Crippen LogP contribution in [0.3, 0.4) is 0 Å². The molecule has 0 aliphatic rings. The van der Waals surface area contributed by atoms with Crippen molar-refractivity contribution in [2.75, 3.05) is 13.7 Å². The Morgan fingerprint density at radius 1 is 1.44 bits per heavy atom. The second kappa shape index (κ2) is 5.84. The standard InChI is InChI=1S/C12H13ClN2O3/c1-17-6-2-3-11-14-12(18-15-11)9-7-8(13)4-5-10(9)16/h4-5,7,16H,2-3,6H2,1H3. The summed E-state index contributed by atoms with van der Waals surface area (Å²) in [5, 5.41) is 14.0. The van der Waals surface area contributed by atoms with E-state index in [1.54, 1.807) is 19.2 Å². The smallest absolute Gasteiger partial charge is 0.261 e. The molecule has 1 heterocycles. The number of methoxy groups -OCH3 is 1. The van der Waals surface area contributed by atoms with Crippen LogP contribution in [0.1, 0.15) is 12.2 Å². The fourth-order valence-electron chi connectivity index (χ4n) is 1.52. The number of aryl methyl sites for hydroxylation is 1. The molecule has 0 atom stereocenters. The van der Waals surface area contributed by atoms with E-state index in [0.717, 1.165) is 6.42 Å². The molecule has 0 spiro atoms. The van der Waals surface area contributed by atoms with E-state index < -0.39 is 0 Å². The van der Waals surface area contributed by atoms with Crippen LogP contribution in [0.25, 0.3) is 11.5 Å². The number of aromatic nitrogens is 2. The van der Waals surface area contributed by atoms with Crippen LogP contribution in [-0.2, 0) is 11.2 Å². The molecule has 0 fully saturated rings. The molecule has 0 bridgehead atoms. The number of ether oxygens (including phenoxy) is 1. The Kier molecular flexibility index (Phi) is 4.17. The molecular weight excluding hydrogens is 256 g/mol. The lowest BCUT2D eigenvalue weighted by molar-refractivity contribution is 0.194. The molecule has 0 aliphatic carbocycles. The summed E-state index contributed by atoms with van der Waals surface area (Å²) in [4.78, 5) is 4.20. The van der Waals surface area contributed by atoms with Gasteiger partial charge in [0, 0.05) is 25.2 Å². The normalized spacial score (nSPS) is 10.8. The second-order valence-corrected chi connectivity index (χ2v) is 4.21. The summed E-state index contributed by atoms with van der Waals surface area (Å²) in [6, 6.07) is 4.67. The van der Waals surface area contributed by atoms with E-state index in [9.17, 15) is 5.11 Å². The van der Waals surface area contributed by atoms with E-state index in [4.69, 9.17) is 20.9 Å². The molecule has 0 unspecified atom stereocenters. The third kappa shape index (κ3) is 3.00. The lowest BCUT2D eigenvalue weighted by Crippen LogP contribution is -1.94. The van der Waals surface area contributed by atoms with Crippen molar-refractivity contribution >= 4 is 11.6 Å². The van der Waals surface area contributed by atoms with E-state index in [1.807, 2.05) is 0 Å². The Morgan fingerprint density at radius 2 is 2.28 bits per heavy atom. The summed E-state index contributed by atoms with van der Waals surface area (Å²) < 4.78 is 10.0. The molecule has 0 saturated heterocycles. The number of benzene rings is 1. The molecule has 6 heteroatoms. The maximum Gasteiger partial charge on any atom is 0.261 e. The molecule has 0 aliphatic heterocycles. The average molecular weight is 269 g/mol. The van der Waals surface area contributed by atoms with Gasteiger partial charge in [-0.2, -0.15) is 4.98 Å². The minimum Gasteiger partial charge on any atom is -0.507 e. The van der Waals surface area contributed by atoms with Crippen LogP contribution in [0.4, 0.5) is 0 Å². The van der Waals surface area contributed by atoms with E-state index in [1.165, 1.54) is 6.07 Å². The fraction of sp³-hybridized carbons (Fsp3) is 0.333. The summed E-state index contributed by atoms with van der Waals surface area (Å²) in [7, 11) is 1.64.